The van der Waals surface area contributed by atoms with Gasteiger partial charge in [-0.2, -0.15) is 0 Å². The number of ketones is 1. The number of carbonyl (C=O) groups excluding carboxylic acids is 3. The molecule has 0 bridgehead atoms. The van der Waals surface area contributed by atoms with Gasteiger partial charge in [-0.25, -0.2) is 4.79 Å². The van der Waals surface area contributed by atoms with Crippen LogP contribution in [0, 0.1) is 0 Å². The molecule has 1 aliphatic heterocycles. The van der Waals surface area contributed by atoms with Gasteiger partial charge in [0.2, 0.25) is 6.10 Å². The summed E-state index contributed by atoms with van der Waals surface area (Å²) in [6, 6.07) is 15.9. The third kappa shape index (κ3) is 6.40. The van der Waals surface area contributed by atoms with E-state index >= 15 is 0 Å². The number of Topliss-reactive ketones (excluding diaryl/α,β-unsaturated/α-hetero) is 1. The lowest BCUT2D eigenvalue weighted by Crippen LogP contribution is -2.41. The van der Waals surface area contributed by atoms with Crippen molar-refractivity contribution in [1.82, 2.24) is 4.90 Å². The Morgan fingerprint density at radius 3 is 2.32 bits per heavy atom. The first kappa shape index (κ1) is 22.0. The Balaban J connectivity index is 1.45. The van der Waals surface area contributed by atoms with Crippen LogP contribution in [0.2, 0.25) is 0 Å². The molecule has 1 fully saturated rings. The van der Waals surface area contributed by atoms with E-state index in [-0.39, 0.29) is 17.7 Å². The maximum absolute atomic E-state index is 12.3. The smallest absolute Gasteiger partial charge is 0.321 e. The summed E-state index contributed by atoms with van der Waals surface area (Å²) < 4.78 is 0. The largest absolute Gasteiger partial charge is 0.383 e. The number of urea groups is 1. The topological polar surface area (TPSA) is 100 Å². The van der Waals surface area contributed by atoms with Gasteiger partial charge in [0, 0.05) is 42.9 Å². The Morgan fingerprint density at radius 2 is 1.65 bits per heavy atom. The molecule has 2 aromatic rings. The van der Waals surface area contributed by atoms with Crippen molar-refractivity contribution in [1.29, 1.82) is 0 Å². The van der Waals surface area contributed by atoms with Crippen molar-refractivity contribution in [3.8, 4) is 0 Å². The predicted molar refractivity (Wildman–Crippen MR) is 119 cm³/mol. The molecule has 0 saturated carbocycles. The SMILES string of the molecule is CC(=O)c1cccc(NC(=O)C(C)ON=C2CCN(C(=O)Nc3ccccc3)CC2)c1. The van der Waals surface area contributed by atoms with Crippen LogP contribution in [0.1, 0.15) is 37.0 Å². The predicted octanol–water partition coefficient (Wildman–Crippen LogP) is 3.92. The standard InChI is InChI=1S/C23H26N4O4/c1-16(28)18-7-6-10-21(15-18)24-22(29)17(2)31-26-20-11-13-27(14-12-20)23(30)25-19-8-4-3-5-9-19/h3-10,15,17H,11-14H2,1-2H3,(H,24,29)(H,25,30). The maximum Gasteiger partial charge on any atom is 0.321 e. The second-order valence-electron chi connectivity index (χ2n) is 7.31. The first-order chi connectivity index (χ1) is 14.9. The Bertz CT molecular complexity index is 965. The molecular formula is C23H26N4O4. The van der Waals surface area contributed by atoms with Crippen molar-refractivity contribution < 1.29 is 19.2 Å². The summed E-state index contributed by atoms with van der Waals surface area (Å²) in [4.78, 5) is 43.2. The van der Waals surface area contributed by atoms with E-state index in [0.29, 0.717) is 37.2 Å². The number of hydrogen-bond acceptors (Lipinski definition) is 5. The van der Waals surface area contributed by atoms with Crippen molar-refractivity contribution in [2.24, 2.45) is 5.16 Å². The second-order valence-corrected chi connectivity index (χ2v) is 7.31. The fraction of sp³-hybridized carbons (Fsp3) is 0.304. The monoisotopic (exact) mass is 422 g/mol. The molecule has 3 amide bonds. The fourth-order valence-electron chi connectivity index (χ4n) is 3.04. The molecule has 0 radical (unpaired) electrons. The van der Waals surface area contributed by atoms with Gasteiger partial charge in [0.05, 0.1) is 5.71 Å². The molecule has 0 spiro atoms. The van der Waals surface area contributed by atoms with E-state index in [1.165, 1.54) is 6.92 Å². The number of para-hydroxylation sites is 1. The molecule has 1 aliphatic rings. The summed E-state index contributed by atoms with van der Waals surface area (Å²) in [5, 5.41) is 9.70. The van der Waals surface area contributed by atoms with Crippen molar-refractivity contribution in [2.75, 3.05) is 23.7 Å². The second kappa shape index (κ2) is 10.4. The van der Waals surface area contributed by atoms with Crippen LogP contribution in [0.15, 0.2) is 59.8 Å². The highest BCUT2D eigenvalue weighted by molar-refractivity contribution is 5.98. The number of amides is 3. The summed E-state index contributed by atoms with van der Waals surface area (Å²) in [6.07, 6.45) is 0.363. The molecule has 31 heavy (non-hydrogen) atoms. The van der Waals surface area contributed by atoms with Crippen LogP contribution in [-0.4, -0.2) is 47.5 Å². The first-order valence-electron chi connectivity index (χ1n) is 10.2. The molecule has 1 unspecified atom stereocenters. The van der Waals surface area contributed by atoms with Crippen molar-refractivity contribution in [3.05, 3.63) is 60.2 Å². The number of nitrogens with zero attached hydrogens (tertiary/aromatic N) is 2. The lowest BCUT2D eigenvalue weighted by atomic mass is 10.1. The summed E-state index contributed by atoms with van der Waals surface area (Å²) >= 11 is 0. The molecule has 0 aliphatic carbocycles. The zero-order valence-electron chi connectivity index (χ0n) is 17.6. The number of oxime groups is 1. The number of rotatable bonds is 6. The van der Waals surface area contributed by atoms with E-state index in [1.54, 1.807) is 36.1 Å². The number of anilines is 2. The van der Waals surface area contributed by atoms with E-state index < -0.39 is 6.10 Å². The van der Waals surface area contributed by atoms with Crippen molar-refractivity contribution >= 4 is 34.8 Å². The summed E-state index contributed by atoms with van der Waals surface area (Å²) in [5.74, 6) is -0.430. The van der Waals surface area contributed by atoms with Crippen LogP contribution < -0.4 is 10.6 Å². The third-order valence-corrected chi connectivity index (χ3v) is 4.90. The first-order valence-corrected chi connectivity index (χ1v) is 10.2. The number of hydrogen-bond donors (Lipinski definition) is 2. The van der Waals surface area contributed by atoms with Gasteiger partial charge in [0.15, 0.2) is 5.78 Å². The van der Waals surface area contributed by atoms with Crippen LogP contribution in [0.25, 0.3) is 0 Å². The lowest BCUT2D eigenvalue weighted by Gasteiger charge is -2.27. The fourth-order valence-corrected chi connectivity index (χ4v) is 3.04. The van der Waals surface area contributed by atoms with Crippen molar-refractivity contribution in [3.63, 3.8) is 0 Å². The highest BCUT2D eigenvalue weighted by Gasteiger charge is 2.21. The van der Waals surface area contributed by atoms with Crippen LogP contribution in [0.4, 0.5) is 16.2 Å². The van der Waals surface area contributed by atoms with Gasteiger partial charge in [-0.15, -0.1) is 0 Å². The molecule has 8 heteroatoms. The molecule has 2 aromatic carbocycles. The minimum Gasteiger partial charge on any atom is -0.383 e. The van der Waals surface area contributed by atoms with Crippen LogP contribution in [0.3, 0.4) is 0 Å². The molecule has 3 rings (SSSR count). The zero-order valence-corrected chi connectivity index (χ0v) is 17.6. The van der Waals surface area contributed by atoms with Gasteiger partial charge in [-0.1, -0.05) is 35.5 Å². The van der Waals surface area contributed by atoms with E-state index in [9.17, 15) is 14.4 Å². The summed E-state index contributed by atoms with van der Waals surface area (Å²) in [6.45, 7) is 4.13. The molecular weight excluding hydrogens is 396 g/mol. The number of carbonyl (C=O) groups is 3. The minimum atomic E-state index is -0.798. The van der Waals surface area contributed by atoms with Gasteiger partial charge >= 0.3 is 6.03 Å². The van der Waals surface area contributed by atoms with Crippen LogP contribution in [0.5, 0.6) is 0 Å². The van der Waals surface area contributed by atoms with Gasteiger partial charge in [0.25, 0.3) is 5.91 Å². The molecule has 0 aromatic heterocycles. The molecule has 8 nitrogen and oxygen atoms in total. The molecule has 1 heterocycles. The zero-order chi connectivity index (χ0) is 22.2. The number of piperidine rings is 1. The van der Waals surface area contributed by atoms with Crippen LogP contribution >= 0.6 is 0 Å². The highest BCUT2D eigenvalue weighted by Crippen LogP contribution is 2.14. The van der Waals surface area contributed by atoms with Crippen molar-refractivity contribution in [2.45, 2.75) is 32.8 Å². The van der Waals surface area contributed by atoms with Gasteiger partial charge in [-0.3, -0.25) is 9.59 Å². The molecule has 162 valence electrons. The van der Waals surface area contributed by atoms with Gasteiger partial charge in [0.1, 0.15) is 0 Å². The number of likely N-dealkylation sites (tertiary alicyclic amines) is 1. The van der Waals surface area contributed by atoms with Crippen LogP contribution in [-0.2, 0) is 9.63 Å². The van der Waals surface area contributed by atoms with E-state index in [2.05, 4.69) is 15.8 Å². The van der Waals surface area contributed by atoms with E-state index in [4.69, 9.17) is 4.84 Å². The average molecular weight is 422 g/mol. The minimum absolute atomic E-state index is 0.0735. The van der Waals surface area contributed by atoms with Gasteiger partial charge < -0.3 is 20.4 Å². The Hall–Kier alpha value is -3.68. The number of nitrogens with one attached hydrogen (secondary N) is 2. The quantitative estimate of drug-likeness (QED) is 0.544. The van der Waals surface area contributed by atoms with E-state index in [0.717, 1.165) is 11.4 Å². The summed E-state index contributed by atoms with van der Waals surface area (Å²) in [5.41, 5.74) is 2.61. The normalized spacial score (nSPS) is 14.4. The maximum atomic E-state index is 12.3. The molecule has 1 atom stereocenters. The highest BCUT2D eigenvalue weighted by atomic mass is 16.6. The Kier molecular flexibility index (Phi) is 7.37. The van der Waals surface area contributed by atoms with E-state index in [1.807, 2.05) is 30.3 Å². The number of benzene rings is 2. The summed E-state index contributed by atoms with van der Waals surface area (Å²) in [7, 11) is 0. The molecule has 1 saturated heterocycles. The third-order valence-electron chi connectivity index (χ3n) is 4.90. The molecule has 2 N–H and O–H groups in total. The Labute approximate surface area is 181 Å². The van der Waals surface area contributed by atoms with Gasteiger partial charge in [-0.05, 0) is 38.1 Å². The average Bonchev–Trinajstić information content (AvgIpc) is 2.78. The lowest BCUT2D eigenvalue weighted by molar-refractivity contribution is -0.126. The Morgan fingerprint density at radius 1 is 0.968 bits per heavy atom.